The molecule has 1 saturated carbocycles. The first-order valence-corrected chi connectivity index (χ1v) is 16.2. The van der Waals surface area contributed by atoms with E-state index in [9.17, 15) is 19.2 Å². The van der Waals surface area contributed by atoms with Crippen molar-refractivity contribution in [3.8, 4) is 0 Å². The Balaban J connectivity index is 2.16. The lowest BCUT2D eigenvalue weighted by Crippen LogP contribution is -2.56. The largest absolute Gasteiger partial charge is 0.454 e. The fourth-order valence-corrected chi connectivity index (χ4v) is 5.16. The van der Waals surface area contributed by atoms with Crippen LogP contribution in [-0.2, 0) is 14.4 Å². The summed E-state index contributed by atoms with van der Waals surface area (Å²) >= 11 is 0. The van der Waals surface area contributed by atoms with Crippen molar-refractivity contribution in [3.05, 3.63) is 17.0 Å². The fourth-order valence-electron chi connectivity index (χ4n) is 4.68. The highest BCUT2D eigenvalue weighted by molar-refractivity contribution is 7.54. The van der Waals surface area contributed by atoms with E-state index in [1.807, 2.05) is 13.3 Å². The Hall–Kier alpha value is -3.08. The molecule has 0 aromatic carbocycles. The Morgan fingerprint density at radius 3 is 2.30 bits per heavy atom. The van der Waals surface area contributed by atoms with E-state index in [1.54, 1.807) is 13.8 Å². The molecule has 0 aliphatic heterocycles. The molecule has 3 atom stereocenters. The molecular formula is C26H45N9O4P-. The van der Waals surface area contributed by atoms with Gasteiger partial charge in [-0.25, -0.2) is 4.98 Å². The third-order valence-electron chi connectivity index (χ3n) is 6.79. The quantitative estimate of drug-likeness (QED) is 0.0909. The number of aryl methyl sites for hydroxylation is 1. The molecule has 40 heavy (non-hydrogen) atoms. The average molecular weight is 579 g/mol. The van der Waals surface area contributed by atoms with Crippen LogP contribution in [0.2, 0.25) is 0 Å². The van der Waals surface area contributed by atoms with E-state index in [0.29, 0.717) is 31.6 Å². The molecule has 1 fully saturated rings. The van der Waals surface area contributed by atoms with E-state index in [4.69, 9.17) is 5.73 Å². The summed E-state index contributed by atoms with van der Waals surface area (Å²) in [6, 6.07) is -2.46. The minimum absolute atomic E-state index is 0.0517. The van der Waals surface area contributed by atoms with Crippen molar-refractivity contribution in [3.63, 3.8) is 0 Å². The monoisotopic (exact) mass is 578 g/mol. The van der Waals surface area contributed by atoms with Crippen LogP contribution < -0.4 is 21.7 Å². The van der Waals surface area contributed by atoms with E-state index in [0.717, 1.165) is 32.1 Å². The summed E-state index contributed by atoms with van der Waals surface area (Å²) in [6.45, 7) is 9.14. The summed E-state index contributed by atoms with van der Waals surface area (Å²) < 4.78 is 4.23. The molecule has 2 rings (SSSR count). The standard InChI is InChI=1S/C26H46N9O4P/c1-6-19(16(2)36)30-23(37)20(13-10-14-28-26(27)35-40(4)5)31-24(38)21(15-18-11-8-7-9-12-18)32-25(39)22-29-17(3)33-34-22/h18-21H,6-15H2,1-5H3,(H7,27,28,29,30,31,32,33,34,35,37,38,39)/p-1/t19-,20-,21-/m0/s1. The van der Waals surface area contributed by atoms with Crippen LogP contribution in [0.5, 0.6) is 0 Å². The Kier molecular flexibility index (Phi) is 14.0. The maximum atomic E-state index is 13.6. The van der Waals surface area contributed by atoms with Crippen molar-refractivity contribution >= 4 is 37.5 Å². The second-order valence-corrected chi connectivity index (χ2v) is 12.4. The second-order valence-electron chi connectivity index (χ2n) is 10.5. The molecule has 1 aromatic rings. The lowest BCUT2D eigenvalue weighted by Gasteiger charge is -2.28. The van der Waals surface area contributed by atoms with Gasteiger partial charge in [-0.2, -0.15) is 0 Å². The van der Waals surface area contributed by atoms with E-state index in [1.165, 1.54) is 6.92 Å². The fraction of sp³-hybridized carbons (Fsp3) is 0.731. The molecule has 1 aliphatic carbocycles. The Bertz CT molecular complexity index is 1020. The first-order chi connectivity index (χ1) is 19.0. The predicted octanol–water partition coefficient (Wildman–Crippen LogP) is 2.28. The number of hydrogen-bond donors (Lipinski definition) is 5. The normalized spacial score (nSPS) is 16.6. The van der Waals surface area contributed by atoms with Crippen molar-refractivity contribution in [1.29, 1.82) is 0 Å². The van der Waals surface area contributed by atoms with Gasteiger partial charge in [0.2, 0.25) is 17.6 Å². The van der Waals surface area contributed by atoms with E-state index in [2.05, 4.69) is 41.2 Å². The topological polar surface area (TPSA) is 198 Å². The van der Waals surface area contributed by atoms with Crippen LogP contribution in [-0.4, -0.2) is 82.6 Å². The van der Waals surface area contributed by atoms with Gasteiger partial charge in [-0.1, -0.05) is 47.1 Å². The van der Waals surface area contributed by atoms with Crippen LogP contribution in [0.4, 0.5) is 0 Å². The van der Waals surface area contributed by atoms with Gasteiger partial charge in [0.15, 0.2) is 5.78 Å². The number of aromatic nitrogens is 3. The van der Waals surface area contributed by atoms with Gasteiger partial charge in [-0.3, -0.25) is 24.3 Å². The number of nitrogens with two attached hydrogens (primary N) is 1. The number of nitrogens with zero attached hydrogens (tertiary/aromatic N) is 4. The van der Waals surface area contributed by atoms with Gasteiger partial charge in [-0.15, -0.1) is 5.10 Å². The lowest BCUT2D eigenvalue weighted by atomic mass is 9.84. The van der Waals surface area contributed by atoms with E-state index in [-0.39, 0.29) is 29.9 Å². The molecule has 0 spiro atoms. The Labute approximate surface area is 237 Å². The number of carbonyl (C=O) groups is 4. The second kappa shape index (κ2) is 16.9. The highest BCUT2D eigenvalue weighted by Crippen LogP contribution is 2.28. The number of amides is 3. The number of Topliss-reactive ketones (excluding diaryl/α,β-unsaturated/α-hetero) is 1. The molecule has 13 nitrogen and oxygen atoms in total. The zero-order valence-electron chi connectivity index (χ0n) is 24.3. The van der Waals surface area contributed by atoms with Crippen LogP contribution in [0.1, 0.15) is 88.1 Å². The van der Waals surface area contributed by atoms with Crippen LogP contribution in [0.3, 0.4) is 0 Å². The maximum absolute atomic E-state index is 13.6. The molecule has 1 aromatic heterocycles. The average Bonchev–Trinajstić information content (AvgIpc) is 3.34. The van der Waals surface area contributed by atoms with Gasteiger partial charge in [0, 0.05) is 5.96 Å². The first-order valence-electron chi connectivity index (χ1n) is 14.0. The summed E-state index contributed by atoms with van der Waals surface area (Å²) in [5, 5.41) is 19.1. The van der Waals surface area contributed by atoms with Gasteiger partial charge >= 0.3 is 0 Å². The van der Waals surface area contributed by atoms with Gasteiger partial charge < -0.3 is 31.8 Å². The number of carbonyl (C=O) groups excluding carboxylic acids is 4. The van der Waals surface area contributed by atoms with Crippen LogP contribution in [0, 0.1) is 12.8 Å². The van der Waals surface area contributed by atoms with Crippen molar-refractivity contribution in [2.75, 3.05) is 19.9 Å². The zero-order valence-corrected chi connectivity index (χ0v) is 25.2. The van der Waals surface area contributed by atoms with Crippen molar-refractivity contribution in [2.24, 2.45) is 16.4 Å². The summed E-state index contributed by atoms with van der Waals surface area (Å²) in [6.07, 6.45) is 6.85. The van der Waals surface area contributed by atoms with Crippen molar-refractivity contribution in [2.45, 2.75) is 96.7 Å². The number of rotatable bonds is 15. The number of guanidine groups is 1. The third kappa shape index (κ3) is 11.6. The van der Waals surface area contributed by atoms with Crippen LogP contribution in [0.25, 0.3) is 5.32 Å². The van der Waals surface area contributed by atoms with Gasteiger partial charge in [0.25, 0.3) is 5.91 Å². The Morgan fingerprint density at radius 2 is 1.73 bits per heavy atom. The zero-order chi connectivity index (χ0) is 29.7. The number of hydrogen-bond acceptors (Lipinski definition) is 7. The van der Waals surface area contributed by atoms with Crippen LogP contribution in [0.15, 0.2) is 4.76 Å². The highest BCUT2D eigenvalue weighted by atomic mass is 31.1. The molecular weight excluding hydrogens is 533 g/mol. The van der Waals surface area contributed by atoms with Gasteiger partial charge in [0.1, 0.15) is 17.9 Å². The highest BCUT2D eigenvalue weighted by Gasteiger charge is 2.31. The molecule has 0 bridgehead atoms. The minimum atomic E-state index is -0.930. The van der Waals surface area contributed by atoms with Gasteiger partial charge in [-0.05, 0) is 65.3 Å². The Morgan fingerprint density at radius 1 is 1.07 bits per heavy atom. The summed E-state index contributed by atoms with van der Waals surface area (Å²) in [7, 11) is -0.581. The summed E-state index contributed by atoms with van der Waals surface area (Å²) in [4.78, 5) is 55.7. The van der Waals surface area contributed by atoms with E-state index < -0.39 is 43.9 Å². The minimum Gasteiger partial charge on any atom is -0.454 e. The van der Waals surface area contributed by atoms with E-state index >= 15 is 0 Å². The molecule has 0 radical (unpaired) electrons. The van der Waals surface area contributed by atoms with Crippen molar-refractivity contribution < 1.29 is 19.2 Å². The van der Waals surface area contributed by atoms with Gasteiger partial charge in [0.05, 0.1) is 6.04 Å². The molecule has 0 unspecified atom stereocenters. The molecule has 14 heteroatoms. The lowest BCUT2D eigenvalue weighted by molar-refractivity contribution is -0.132. The number of aromatic amines is 1. The molecule has 3 amide bonds. The number of nitrogens with one attached hydrogen (secondary N) is 4. The molecule has 6 N–H and O–H groups in total. The van der Waals surface area contributed by atoms with Crippen LogP contribution >= 0.6 is 8.07 Å². The SMILES string of the molecule is CC[C@H](NC(=O)[C@H](CCC[N-]/C(N)=N/P(C)C)NC(=O)[C@H](CC1CCCCC1)NC(=O)c1n[nH]c(C)n1)C(C)=O. The predicted molar refractivity (Wildman–Crippen MR) is 156 cm³/mol. The molecule has 0 saturated heterocycles. The number of ketones is 1. The molecule has 1 aliphatic rings. The third-order valence-corrected chi connectivity index (χ3v) is 7.40. The molecule has 1 heterocycles. The molecule has 224 valence electrons. The number of H-pyrrole nitrogens is 1. The summed E-state index contributed by atoms with van der Waals surface area (Å²) in [5.41, 5.74) is 5.83. The first kappa shape index (κ1) is 33.1. The summed E-state index contributed by atoms with van der Waals surface area (Å²) in [5.74, 6) is -0.749. The smallest absolute Gasteiger partial charge is 0.291 e. The van der Waals surface area contributed by atoms with Crippen molar-refractivity contribution in [1.82, 2.24) is 31.1 Å². The maximum Gasteiger partial charge on any atom is 0.291 e.